The Hall–Kier alpha value is -1.11. The van der Waals surface area contributed by atoms with Crippen molar-refractivity contribution in [3.63, 3.8) is 0 Å². The molecule has 0 saturated heterocycles. The van der Waals surface area contributed by atoms with Gasteiger partial charge in [-0.25, -0.2) is 0 Å². The van der Waals surface area contributed by atoms with Gasteiger partial charge in [0.15, 0.2) is 0 Å². The third-order valence-electron chi connectivity index (χ3n) is 1.89. The van der Waals surface area contributed by atoms with Crippen LogP contribution in [-0.2, 0) is 0 Å². The highest BCUT2D eigenvalue weighted by Crippen LogP contribution is 2.03. The molecule has 0 aliphatic rings. The van der Waals surface area contributed by atoms with Gasteiger partial charge in [-0.05, 0) is 24.0 Å². The van der Waals surface area contributed by atoms with Gasteiger partial charge in [0, 0.05) is 12.8 Å². The Bertz CT molecular complexity index is 287. The number of nitrogens with zero attached hydrogens (tertiary/aromatic N) is 1. The second-order valence-corrected chi connectivity index (χ2v) is 3.74. The molecule has 70 valence electrons. The van der Waals surface area contributed by atoms with Gasteiger partial charge in [0.25, 0.3) is 0 Å². The molecule has 1 heteroatoms. The molecule has 0 N–H and O–H groups in total. The Morgan fingerprint density at radius 2 is 2.00 bits per heavy atom. The predicted octanol–water partition coefficient (Wildman–Crippen LogP) is 3.07. The zero-order chi connectivity index (χ0) is 9.68. The van der Waals surface area contributed by atoms with Crippen LogP contribution in [-0.4, -0.2) is 12.8 Å². The van der Waals surface area contributed by atoms with Crippen LogP contribution in [0.25, 0.3) is 0 Å². The summed E-state index contributed by atoms with van der Waals surface area (Å²) in [5, 5.41) is 0. The first-order valence-corrected chi connectivity index (χ1v) is 4.75. The minimum atomic E-state index is 0.639. The normalized spacial score (nSPS) is 11.4. The van der Waals surface area contributed by atoms with Crippen LogP contribution in [0.2, 0.25) is 0 Å². The molecule has 13 heavy (non-hydrogen) atoms. The maximum absolute atomic E-state index is 4.38. The number of rotatable bonds is 3. The SMILES string of the molecule is Cc1ccccc1C=NCC(C)C. The molecule has 0 saturated carbocycles. The lowest BCUT2D eigenvalue weighted by Crippen LogP contribution is -1.93. The molecule has 1 aromatic carbocycles. The van der Waals surface area contributed by atoms with Crippen molar-refractivity contribution in [2.24, 2.45) is 10.9 Å². The van der Waals surface area contributed by atoms with Crippen LogP contribution >= 0.6 is 0 Å². The van der Waals surface area contributed by atoms with Crippen LogP contribution in [0, 0.1) is 12.8 Å². The Labute approximate surface area is 80.5 Å². The van der Waals surface area contributed by atoms with E-state index in [0.29, 0.717) is 5.92 Å². The zero-order valence-electron chi connectivity index (χ0n) is 8.62. The van der Waals surface area contributed by atoms with Crippen molar-refractivity contribution >= 4 is 6.21 Å². The highest BCUT2D eigenvalue weighted by Gasteiger charge is 1.92. The van der Waals surface area contributed by atoms with E-state index in [9.17, 15) is 0 Å². The molecule has 0 atom stereocenters. The van der Waals surface area contributed by atoms with Crippen molar-refractivity contribution in [2.45, 2.75) is 20.8 Å². The summed E-state index contributed by atoms with van der Waals surface area (Å²) in [6.45, 7) is 7.37. The first kappa shape index (κ1) is 9.97. The second-order valence-electron chi connectivity index (χ2n) is 3.74. The number of aryl methyl sites for hydroxylation is 1. The molecular formula is C12H17N. The Kier molecular flexibility index (Phi) is 3.69. The van der Waals surface area contributed by atoms with E-state index in [1.165, 1.54) is 11.1 Å². The van der Waals surface area contributed by atoms with E-state index >= 15 is 0 Å². The number of aliphatic imine (C=N–C) groups is 1. The second kappa shape index (κ2) is 4.80. The highest BCUT2D eigenvalue weighted by molar-refractivity contribution is 5.81. The Morgan fingerprint density at radius 3 is 2.62 bits per heavy atom. The summed E-state index contributed by atoms with van der Waals surface area (Å²) in [7, 11) is 0. The van der Waals surface area contributed by atoms with Gasteiger partial charge in [-0.1, -0.05) is 38.1 Å². The predicted molar refractivity (Wildman–Crippen MR) is 58.5 cm³/mol. The maximum atomic E-state index is 4.38. The van der Waals surface area contributed by atoms with Crippen molar-refractivity contribution in [3.05, 3.63) is 35.4 Å². The third kappa shape index (κ3) is 3.41. The number of benzene rings is 1. The van der Waals surface area contributed by atoms with Crippen molar-refractivity contribution in [1.82, 2.24) is 0 Å². The molecule has 1 aromatic rings. The maximum Gasteiger partial charge on any atom is 0.0412 e. The first-order chi connectivity index (χ1) is 6.20. The van der Waals surface area contributed by atoms with Crippen LogP contribution in [0.5, 0.6) is 0 Å². The van der Waals surface area contributed by atoms with Gasteiger partial charge < -0.3 is 0 Å². The zero-order valence-corrected chi connectivity index (χ0v) is 8.62. The third-order valence-corrected chi connectivity index (χ3v) is 1.89. The van der Waals surface area contributed by atoms with Gasteiger partial charge in [0.2, 0.25) is 0 Å². The molecule has 0 aliphatic carbocycles. The molecule has 0 radical (unpaired) electrons. The summed E-state index contributed by atoms with van der Waals surface area (Å²) >= 11 is 0. The van der Waals surface area contributed by atoms with Crippen LogP contribution in [0.3, 0.4) is 0 Å². The summed E-state index contributed by atoms with van der Waals surface area (Å²) in [5.74, 6) is 0.639. The average molecular weight is 175 g/mol. The molecule has 1 nitrogen and oxygen atoms in total. The van der Waals surface area contributed by atoms with E-state index in [2.05, 4.69) is 44.0 Å². The van der Waals surface area contributed by atoms with Gasteiger partial charge >= 0.3 is 0 Å². The molecular weight excluding hydrogens is 158 g/mol. The van der Waals surface area contributed by atoms with E-state index in [1.54, 1.807) is 0 Å². The largest absolute Gasteiger partial charge is 0.292 e. The van der Waals surface area contributed by atoms with E-state index < -0.39 is 0 Å². The monoisotopic (exact) mass is 175 g/mol. The highest BCUT2D eigenvalue weighted by atomic mass is 14.7. The van der Waals surface area contributed by atoms with E-state index in [0.717, 1.165) is 6.54 Å². The van der Waals surface area contributed by atoms with Gasteiger partial charge in [-0.3, -0.25) is 4.99 Å². The molecule has 0 aliphatic heterocycles. The number of hydrogen-bond acceptors (Lipinski definition) is 1. The van der Waals surface area contributed by atoms with Crippen molar-refractivity contribution in [1.29, 1.82) is 0 Å². The van der Waals surface area contributed by atoms with Gasteiger partial charge in [0.1, 0.15) is 0 Å². The van der Waals surface area contributed by atoms with Gasteiger partial charge in [-0.2, -0.15) is 0 Å². The van der Waals surface area contributed by atoms with E-state index in [1.807, 2.05) is 12.3 Å². The van der Waals surface area contributed by atoms with Gasteiger partial charge in [-0.15, -0.1) is 0 Å². The fraction of sp³-hybridized carbons (Fsp3) is 0.417. The molecule has 0 amide bonds. The van der Waals surface area contributed by atoms with Crippen LogP contribution < -0.4 is 0 Å². The van der Waals surface area contributed by atoms with Gasteiger partial charge in [0.05, 0.1) is 0 Å². The van der Waals surface area contributed by atoms with Crippen molar-refractivity contribution < 1.29 is 0 Å². The lowest BCUT2D eigenvalue weighted by molar-refractivity contribution is 0.667. The minimum Gasteiger partial charge on any atom is -0.292 e. The lowest BCUT2D eigenvalue weighted by Gasteiger charge is -1.99. The summed E-state index contributed by atoms with van der Waals surface area (Å²) in [6, 6.07) is 8.30. The average Bonchev–Trinajstić information content (AvgIpc) is 2.08. The van der Waals surface area contributed by atoms with Crippen LogP contribution in [0.15, 0.2) is 29.3 Å². The lowest BCUT2D eigenvalue weighted by atomic mass is 10.1. The van der Waals surface area contributed by atoms with Crippen molar-refractivity contribution in [2.75, 3.05) is 6.54 Å². The summed E-state index contributed by atoms with van der Waals surface area (Å²) < 4.78 is 0. The molecule has 0 bridgehead atoms. The standard InChI is InChI=1S/C12H17N/c1-10(2)8-13-9-12-7-5-4-6-11(12)3/h4-7,9-10H,8H2,1-3H3. The summed E-state index contributed by atoms with van der Waals surface area (Å²) in [5.41, 5.74) is 2.51. The first-order valence-electron chi connectivity index (χ1n) is 4.75. The van der Waals surface area contributed by atoms with Crippen LogP contribution in [0.1, 0.15) is 25.0 Å². The number of hydrogen-bond donors (Lipinski definition) is 0. The summed E-state index contributed by atoms with van der Waals surface area (Å²) in [6.07, 6.45) is 1.97. The molecule has 0 spiro atoms. The van der Waals surface area contributed by atoms with Crippen molar-refractivity contribution in [3.8, 4) is 0 Å². The molecule has 0 unspecified atom stereocenters. The molecule has 1 rings (SSSR count). The smallest absolute Gasteiger partial charge is 0.0412 e. The Balaban J connectivity index is 2.63. The fourth-order valence-electron chi connectivity index (χ4n) is 1.09. The fourth-order valence-corrected chi connectivity index (χ4v) is 1.09. The Morgan fingerprint density at radius 1 is 1.31 bits per heavy atom. The summed E-state index contributed by atoms with van der Waals surface area (Å²) in [4.78, 5) is 4.38. The molecule has 0 aromatic heterocycles. The molecule has 0 fully saturated rings. The van der Waals surface area contributed by atoms with Crippen LogP contribution in [0.4, 0.5) is 0 Å². The quantitative estimate of drug-likeness (QED) is 0.626. The van der Waals surface area contributed by atoms with E-state index in [-0.39, 0.29) is 0 Å². The van der Waals surface area contributed by atoms with E-state index in [4.69, 9.17) is 0 Å². The molecule has 0 heterocycles. The minimum absolute atomic E-state index is 0.639. The topological polar surface area (TPSA) is 12.4 Å².